The van der Waals surface area contributed by atoms with E-state index in [0.717, 1.165) is 6.07 Å². The Labute approximate surface area is 112 Å². The van der Waals surface area contributed by atoms with Crippen LogP contribution in [0.4, 0.5) is 0 Å². The van der Waals surface area contributed by atoms with Gasteiger partial charge >= 0.3 is 11.9 Å². The number of carbonyl (C=O) groups is 2. The highest BCUT2D eigenvalue weighted by Gasteiger charge is 2.16. The number of aliphatic carboxylic acids is 1. The summed E-state index contributed by atoms with van der Waals surface area (Å²) in [7, 11) is 0. The van der Waals surface area contributed by atoms with Gasteiger partial charge in [0.25, 0.3) is 5.56 Å². The van der Waals surface area contributed by atoms with Crippen molar-refractivity contribution in [3.05, 3.63) is 52.3 Å². The van der Waals surface area contributed by atoms with E-state index in [4.69, 9.17) is 10.2 Å². The zero-order chi connectivity index (χ0) is 14.7. The maximum atomic E-state index is 11.8. The molecule has 20 heavy (non-hydrogen) atoms. The molecule has 1 aromatic heterocycles. The van der Waals surface area contributed by atoms with Crippen LogP contribution in [0, 0.1) is 0 Å². The Morgan fingerprint density at radius 1 is 1.15 bits per heavy atom. The van der Waals surface area contributed by atoms with Gasteiger partial charge in [-0.3, -0.25) is 9.59 Å². The lowest BCUT2D eigenvalue weighted by atomic mass is 10.1. The molecule has 0 atom stereocenters. The van der Waals surface area contributed by atoms with Crippen LogP contribution in [0.5, 0.6) is 0 Å². The fourth-order valence-corrected chi connectivity index (χ4v) is 1.68. The van der Waals surface area contributed by atoms with Gasteiger partial charge in [0.15, 0.2) is 0 Å². The number of hydrogen-bond donors (Lipinski definition) is 2. The zero-order valence-electron chi connectivity index (χ0n) is 10.2. The third kappa shape index (κ3) is 2.72. The van der Waals surface area contributed by atoms with E-state index < -0.39 is 29.6 Å². The molecule has 1 aromatic carbocycles. The van der Waals surface area contributed by atoms with E-state index in [1.807, 2.05) is 0 Å². The zero-order valence-corrected chi connectivity index (χ0v) is 10.2. The third-order valence-corrected chi connectivity index (χ3v) is 2.56. The fourth-order valence-electron chi connectivity index (χ4n) is 1.68. The summed E-state index contributed by atoms with van der Waals surface area (Å²) in [5, 5.41) is 21.6. The minimum absolute atomic E-state index is 0.226. The van der Waals surface area contributed by atoms with Crippen molar-refractivity contribution in [3.63, 3.8) is 0 Å². The molecular weight excluding hydrogens is 264 g/mol. The topological polar surface area (TPSA) is 109 Å². The number of rotatable bonds is 4. The molecule has 0 saturated heterocycles. The van der Waals surface area contributed by atoms with Crippen LogP contribution in [0.2, 0.25) is 0 Å². The monoisotopic (exact) mass is 274 g/mol. The summed E-state index contributed by atoms with van der Waals surface area (Å²) >= 11 is 0. The lowest BCUT2D eigenvalue weighted by Crippen LogP contribution is -2.31. The Hall–Kier alpha value is -2.96. The van der Waals surface area contributed by atoms with Gasteiger partial charge in [-0.15, -0.1) is 0 Å². The fraction of sp³-hybridized carbons (Fsp3) is 0.0769. The van der Waals surface area contributed by atoms with Crippen LogP contribution in [0.25, 0.3) is 11.3 Å². The van der Waals surface area contributed by atoms with Crippen molar-refractivity contribution in [2.75, 3.05) is 0 Å². The van der Waals surface area contributed by atoms with E-state index >= 15 is 0 Å². The van der Waals surface area contributed by atoms with Crippen molar-refractivity contribution < 1.29 is 19.8 Å². The summed E-state index contributed by atoms with van der Waals surface area (Å²) in [4.78, 5) is 33.5. The third-order valence-electron chi connectivity index (χ3n) is 2.56. The highest BCUT2D eigenvalue weighted by molar-refractivity contribution is 5.88. The van der Waals surface area contributed by atoms with Crippen molar-refractivity contribution in [1.82, 2.24) is 9.78 Å². The predicted octanol–water partition coefficient (Wildman–Crippen LogP) is 0.693. The van der Waals surface area contributed by atoms with Gasteiger partial charge in [-0.2, -0.15) is 5.10 Å². The van der Waals surface area contributed by atoms with Crippen molar-refractivity contribution in [2.45, 2.75) is 6.54 Å². The van der Waals surface area contributed by atoms with Gasteiger partial charge in [-0.05, 0) is 6.07 Å². The molecule has 2 aromatic rings. The SMILES string of the molecule is O=C(O)Cn1nc(-c2ccccc2)cc(C(=O)O)c1=O. The molecule has 0 radical (unpaired) electrons. The number of aromatic carboxylic acids is 1. The molecule has 0 aliphatic heterocycles. The summed E-state index contributed by atoms with van der Waals surface area (Å²) in [6, 6.07) is 9.73. The van der Waals surface area contributed by atoms with E-state index in [1.165, 1.54) is 0 Å². The first-order chi connectivity index (χ1) is 9.49. The van der Waals surface area contributed by atoms with Crippen LogP contribution in [-0.4, -0.2) is 31.9 Å². The van der Waals surface area contributed by atoms with E-state index in [9.17, 15) is 14.4 Å². The summed E-state index contributed by atoms with van der Waals surface area (Å²) in [6.45, 7) is -0.695. The Bertz CT molecular complexity index is 721. The molecule has 7 heteroatoms. The van der Waals surface area contributed by atoms with Gasteiger partial charge in [0.2, 0.25) is 0 Å². The number of benzene rings is 1. The largest absolute Gasteiger partial charge is 0.480 e. The first-order valence-corrected chi connectivity index (χ1v) is 5.61. The van der Waals surface area contributed by atoms with Gasteiger partial charge in [-0.1, -0.05) is 30.3 Å². The molecular formula is C13H10N2O5. The van der Waals surface area contributed by atoms with Crippen LogP contribution in [0.3, 0.4) is 0 Å². The molecule has 0 spiro atoms. The molecule has 0 fully saturated rings. The predicted molar refractivity (Wildman–Crippen MR) is 68.5 cm³/mol. The van der Waals surface area contributed by atoms with Crippen molar-refractivity contribution in [3.8, 4) is 11.3 Å². The highest BCUT2D eigenvalue weighted by atomic mass is 16.4. The molecule has 0 unspecified atom stereocenters. The normalized spacial score (nSPS) is 10.2. The van der Waals surface area contributed by atoms with E-state index in [0.29, 0.717) is 10.2 Å². The lowest BCUT2D eigenvalue weighted by molar-refractivity contribution is -0.138. The standard InChI is InChI=1S/C13H10N2O5/c16-11(17)7-15-12(18)9(13(19)20)6-10(14-15)8-4-2-1-3-5-8/h1-6H,7H2,(H,16,17)(H,19,20). The van der Waals surface area contributed by atoms with Crippen LogP contribution < -0.4 is 5.56 Å². The Morgan fingerprint density at radius 2 is 1.80 bits per heavy atom. The van der Waals surface area contributed by atoms with Crippen LogP contribution in [0.15, 0.2) is 41.2 Å². The first-order valence-electron chi connectivity index (χ1n) is 5.61. The van der Waals surface area contributed by atoms with Gasteiger partial charge in [0, 0.05) is 5.56 Å². The molecule has 0 aliphatic carbocycles. The number of carboxylic acids is 2. The molecule has 7 nitrogen and oxygen atoms in total. The van der Waals surface area contributed by atoms with Crippen molar-refractivity contribution in [1.29, 1.82) is 0 Å². The second-order valence-electron chi connectivity index (χ2n) is 3.97. The Kier molecular flexibility index (Phi) is 3.60. The van der Waals surface area contributed by atoms with Crippen molar-refractivity contribution in [2.24, 2.45) is 0 Å². The van der Waals surface area contributed by atoms with Gasteiger partial charge in [0.05, 0.1) is 5.69 Å². The lowest BCUT2D eigenvalue weighted by Gasteiger charge is -2.07. The summed E-state index contributed by atoms with van der Waals surface area (Å²) in [5.41, 5.74) is -0.641. The maximum Gasteiger partial charge on any atom is 0.341 e. The number of hydrogen-bond acceptors (Lipinski definition) is 4. The molecule has 2 N–H and O–H groups in total. The van der Waals surface area contributed by atoms with Crippen LogP contribution in [0.1, 0.15) is 10.4 Å². The average molecular weight is 274 g/mol. The molecule has 0 bridgehead atoms. The second-order valence-corrected chi connectivity index (χ2v) is 3.97. The minimum Gasteiger partial charge on any atom is -0.480 e. The van der Waals surface area contributed by atoms with Crippen LogP contribution >= 0.6 is 0 Å². The Balaban J connectivity index is 2.65. The van der Waals surface area contributed by atoms with E-state index in [2.05, 4.69) is 5.10 Å². The van der Waals surface area contributed by atoms with E-state index in [-0.39, 0.29) is 5.69 Å². The van der Waals surface area contributed by atoms with Crippen LogP contribution in [-0.2, 0) is 11.3 Å². The number of nitrogens with zero attached hydrogens (tertiary/aromatic N) is 2. The Morgan fingerprint density at radius 3 is 2.35 bits per heavy atom. The summed E-state index contributed by atoms with van der Waals surface area (Å²) in [5.74, 6) is -2.70. The maximum absolute atomic E-state index is 11.8. The second kappa shape index (κ2) is 5.35. The average Bonchev–Trinajstić information content (AvgIpc) is 2.41. The number of carboxylic acid groups (broad SMARTS) is 2. The molecule has 0 aliphatic rings. The van der Waals surface area contributed by atoms with Gasteiger partial charge in [-0.25, -0.2) is 9.48 Å². The van der Waals surface area contributed by atoms with Crippen molar-refractivity contribution >= 4 is 11.9 Å². The quantitative estimate of drug-likeness (QED) is 0.849. The molecule has 0 saturated carbocycles. The smallest absolute Gasteiger partial charge is 0.341 e. The highest BCUT2D eigenvalue weighted by Crippen LogP contribution is 2.15. The molecule has 0 amide bonds. The number of aromatic nitrogens is 2. The molecule has 1 heterocycles. The minimum atomic E-state index is -1.42. The van der Waals surface area contributed by atoms with Gasteiger partial charge < -0.3 is 10.2 Å². The summed E-state index contributed by atoms with van der Waals surface area (Å²) < 4.78 is 0.633. The molecule has 2 rings (SSSR count). The van der Waals surface area contributed by atoms with Gasteiger partial charge in [0.1, 0.15) is 12.1 Å². The first kappa shape index (κ1) is 13.5. The molecule has 102 valence electrons. The van der Waals surface area contributed by atoms with E-state index in [1.54, 1.807) is 30.3 Å². The summed E-state index contributed by atoms with van der Waals surface area (Å²) in [6.07, 6.45) is 0.